The normalized spacial score (nSPS) is 18.5. The van der Waals surface area contributed by atoms with Gasteiger partial charge in [0.05, 0.1) is 27.0 Å². The van der Waals surface area contributed by atoms with Crippen LogP contribution in [-0.4, -0.2) is 83.8 Å². The lowest BCUT2D eigenvalue weighted by Crippen LogP contribution is -2.61. The molecule has 10 heteroatoms. The minimum atomic E-state index is -2.41. The predicted molar refractivity (Wildman–Crippen MR) is 125 cm³/mol. The SMILES string of the molecule is CO[Si](CO)(CCC[Si](C)(C)[Si](C)(C)O[Si](C)(C)CCCOCC1CO1)OC. The van der Waals surface area contributed by atoms with Crippen molar-refractivity contribution in [1.82, 2.24) is 0 Å². The van der Waals surface area contributed by atoms with Gasteiger partial charge in [0, 0.05) is 20.8 Å². The van der Waals surface area contributed by atoms with Gasteiger partial charge in [-0.3, -0.25) is 0 Å². The van der Waals surface area contributed by atoms with Gasteiger partial charge in [-0.15, -0.1) is 0 Å². The Hall–Kier alpha value is 0.628. The van der Waals surface area contributed by atoms with Gasteiger partial charge in [-0.25, -0.2) is 0 Å². The van der Waals surface area contributed by atoms with Crippen molar-refractivity contribution in [1.29, 1.82) is 0 Å². The number of rotatable bonds is 16. The fourth-order valence-corrected chi connectivity index (χ4v) is 22.5. The highest BCUT2D eigenvalue weighted by Gasteiger charge is 2.46. The van der Waals surface area contributed by atoms with Crippen LogP contribution in [-0.2, 0) is 22.4 Å². The zero-order valence-corrected chi connectivity index (χ0v) is 23.4. The molecule has 0 aromatic heterocycles. The molecule has 0 aromatic carbocycles. The number of aliphatic hydroxyl groups excluding tert-OH is 1. The molecule has 168 valence electrons. The monoisotopic (exact) mass is 468 g/mol. The van der Waals surface area contributed by atoms with Crippen LogP contribution >= 0.6 is 0 Å². The molecule has 1 saturated heterocycles. The van der Waals surface area contributed by atoms with Crippen LogP contribution in [0.1, 0.15) is 12.8 Å². The van der Waals surface area contributed by atoms with Crippen molar-refractivity contribution in [3.63, 3.8) is 0 Å². The summed E-state index contributed by atoms with van der Waals surface area (Å²) in [4.78, 5) is 0. The molecule has 1 aliphatic heterocycles. The molecule has 1 heterocycles. The molecule has 28 heavy (non-hydrogen) atoms. The second-order valence-electron chi connectivity index (χ2n) is 9.72. The Kier molecular flexibility index (Phi) is 10.8. The van der Waals surface area contributed by atoms with Gasteiger partial charge in [-0.2, -0.15) is 0 Å². The summed E-state index contributed by atoms with van der Waals surface area (Å²) in [5.41, 5.74) is 0. The minimum absolute atomic E-state index is 0.0220. The van der Waals surface area contributed by atoms with E-state index in [1.165, 1.54) is 6.04 Å². The van der Waals surface area contributed by atoms with Crippen molar-refractivity contribution >= 4 is 32.3 Å². The van der Waals surface area contributed by atoms with E-state index in [1.807, 2.05) is 0 Å². The van der Waals surface area contributed by atoms with Gasteiger partial charge >= 0.3 is 8.56 Å². The molecule has 1 atom stereocenters. The summed E-state index contributed by atoms with van der Waals surface area (Å²) >= 11 is 0. The molecule has 1 N–H and O–H groups in total. The molecule has 0 bridgehead atoms. The first kappa shape index (κ1) is 26.7. The molecule has 0 aliphatic carbocycles. The first-order chi connectivity index (χ1) is 12.9. The molecule has 1 unspecified atom stereocenters. The molecular formula is C18H44O6Si4. The Bertz CT molecular complexity index is 445. The van der Waals surface area contributed by atoms with E-state index in [0.717, 1.165) is 44.8 Å². The summed E-state index contributed by atoms with van der Waals surface area (Å²) < 4.78 is 28.9. The van der Waals surface area contributed by atoms with E-state index in [2.05, 4.69) is 39.3 Å². The van der Waals surface area contributed by atoms with Crippen LogP contribution in [0.2, 0.25) is 57.4 Å². The molecule has 0 spiro atoms. The Balaban J connectivity index is 2.46. The van der Waals surface area contributed by atoms with E-state index in [4.69, 9.17) is 22.4 Å². The Morgan fingerprint density at radius 2 is 1.54 bits per heavy atom. The van der Waals surface area contributed by atoms with E-state index in [1.54, 1.807) is 14.2 Å². The average Bonchev–Trinajstić information content (AvgIpc) is 3.42. The van der Waals surface area contributed by atoms with Gasteiger partial charge in [-0.05, 0) is 44.7 Å². The van der Waals surface area contributed by atoms with Crippen molar-refractivity contribution in [2.45, 2.75) is 76.4 Å². The molecule has 1 aliphatic rings. The summed E-state index contributed by atoms with van der Waals surface area (Å²) in [7, 11) is -4.06. The van der Waals surface area contributed by atoms with Crippen molar-refractivity contribution in [2.75, 3.05) is 40.3 Å². The standard InChI is InChI=1S/C18H44O6Si4/c1-20-28(17-19,21-2)14-10-13-26(5,6)27(7,8)24-25(3,4)12-9-11-22-15-18-16-23-18/h18-19H,9-17H2,1-8H3. The van der Waals surface area contributed by atoms with Gasteiger partial charge in [0.2, 0.25) is 0 Å². The van der Waals surface area contributed by atoms with Crippen LogP contribution < -0.4 is 0 Å². The van der Waals surface area contributed by atoms with Gasteiger partial charge < -0.3 is 27.5 Å². The van der Waals surface area contributed by atoms with Gasteiger partial charge in [0.15, 0.2) is 16.2 Å². The number of epoxide rings is 1. The summed E-state index contributed by atoms with van der Waals surface area (Å²) in [6, 6.07) is 3.19. The maximum Gasteiger partial charge on any atom is 0.363 e. The van der Waals surface area contributed by atoms with Crippen molar-refractivity contribution in [3.8, 4) is 0 Å². The van der Waals surface area contributed by atoms with Crippen LogP contribution in [0.25, 0.3) is 0 Å². The van der Waals surface area contributed by atoms with Gasteiger partial charge in [0.25, 0.3) is 0 Å². The van der Waals surface area contributed by atoms with E-state index in [9.17, 15) is 5.11 Å². The Labute approximate surface area is 176 Å². The third-order valence-electron chi connectivity index (χ3n) is 6.28. The average molecular weight is 469 g/mol. The first-order valence-corrected chi connectivity index (χ1v) is 23.0. The molecule has 0 saturated carbocycles. The van der Waals surface area contributed by atoms with Crippen LogP contribution in [0.4, 0.5) is 0 Å². The smallest absolute Gasteiger partial charge is 0.363 e. The number of ether oxygens (including phenoxy) is 2. The number of aliphatic hydroxyl groups is 1. The highest BCUT2D eigenvalue weighted by atomic mass is 29.3. The number of hydrogen-bond donors (Lipinski definition) is 1. The second kappa shape index (κ2) is 11.3. The van der Waals surface area contributed by atoms with E-state index >= 15 is 0 Å². The van der Waals surface area contributed by atoms with Crippen LogP contribution in [0.3, 0.4) is 0 Å². The lowest BCUT2D eigenvalue weighted by atomic mass is 10.5. The van der Waals surface area contributed by atoms with E-state index in [0.29, 0.717) is 6.10 Å². The lowest BCUT2D eigenvalue weighted by Gasteiger charge is -2.43. The van der Waals surface area contributed by atoms with Gasteiger partial charge in [0.1, 0.15) is 6.10 Å². The minimum Gasteiger partial charge on any atom is -0.458 e. The van der Waals surface area contributed by atoms with Crippen LogP contribution in [0, 0.1) is 0 Å². The van der Waals surface area contributed by atoms with Crippen molar-refractivity contribution in [3.05, 3.63) is 0 Å². The predicted octanol–water partition coefficient (Wildman–Crippen LogP) is 3.66. The lowest BCUT2D eigenvalue weighted by molar-refractivity contribution is 0.116. The highest BCUT2D eigenvalue weighted by molar-refractivity contribution is 7.39. The Morgan fingerprint density at radius 1 is 0.929 bits per heavy atom. The molecule has 0 aromatic rings. The third-order valence-corrected chi connectivity index (χ3v) is 31.5. The molecule has 1 fully saturated rings. The van der Waals surface area contributed by atoms with Gasteiger partial charge in [-0.1, -0.05) is 25.6 Å². The number of hydrogen-bond acceptors (Lipinski definition) is 6. The van der Waals surface area contributed by atoms with E-state index in [-0.39, 0.29) is 6.23 Å². The zero-order valence-electron chi connectivity index (χ0n) is 19.4. The van der Waals surface area contributed by atoms with Crippen LogP contribution in [0.5, 0.6) is 0 Å². The molecule has 0 radical (unpaired) electrons. The van der Waals surface area contributed by atoms with Crippen molar-refractivity contribution < 1.29 is 27.5 Å². The zero-order chi connectivity index (χ0) is 21.5. The fourth-order valence-electron chi connectivity index (χ4n) is 3.46. The Morgan fingerprint density at radius 3 is 2.04 bits per heavy atom. The molecule has 6 nitrogen and oxygen atoms in total. The second-order valence-corrected chi connectivity index (χ2v) is 33.0. The first-order valence-electron chi connectivity index (χ1n) is 10.5. The molecule has 0 amide bonds. The summed E-state index contributed by atoms with van der Waals surface area (Å²) in [6.45, 7) is 16.9. The quantitative estimate of drug-likeness (QED) is 0.212. The summed E-state index contributed by atoms with van der Waals surface area (Å²) in [6.07, 6.45) is 2.49. The largest absolute Gasteiger partial charge is 0.458 e. The van der Waals surface area contributed by atoms with Crippen molar-refractivity contribution in [2.24, 2.45) is 0 Å². The molecular weight excluding hydrogens is 425 g/mol. The third kappa shape index (κ3) is 8.78. The maximum absolute atomic E-state index is 9.67. The maximum atomic E-state index is 9.67. The summed E-state index contributed by atoms with van der Waals surface area (Å²) in [5, 5.41) is 9.67. The summed E-state index contributed by atoms with van der Waals surface area (Å²) in [5.74, 6) is 0. The van der Waals surface area contributed by atoms with E-state index < -0.39 is 32.3 Å². The highest BCUT2D eigenvalue weighted by Crippen LogP contribution is 2.32. The fraction of sp³-hybridized carbons (Fsp3) is 1.00. The van der Waals surface area contributed by atoms with Crippen LogP contribution in [0.15, 0.2) is 0 Å². The molecule has 1 rings (SSSR count). The topological polar surface area (TPSA) is 69.7 Å².